The van der Waals surface area contributed by atoms with Crippen LogP contribution in [-0.4, -0.2) is 31.6 Å². The highest BCUT2D eigenvalue weighted by molar-refractivity contribution is 7.98. The first kappa shape index (κ1) is 20.9. The fraction of sp³-hybridized carbons (Fsp3) is 0.217. The first-order valence-electron chi connectivity index (χ1n) is 9.92. The van der Waals surface area contributed by atoms with Crippen LogP contribution >= 0.6 is 11.8 Å². The lowest BCUT2D eigenvalue weighted by Gasteiger charge is -2.12. The molecular formula is C23H22N4O3S. The molecule has 0 amide bonds. The minimum Gasteiger partial charge on any atom is -0.494 e. The minimum absolute atomic E-state index is 0.00154. The molecule has 0 radical (unpaired) electrons. The Bertz CT molecular complexity index is 1360. The average Bonchev–Trinajstić information content (AvgIpc) is 3.20. The number of nitrogens with zero attached hydrogens (tertiary/aromatic N) is 4. The second kappa shape index (κ2) is 8.77. The number of Topliss-reactive ketones (excluding diaryl/α,β-unsaturated/α-hetero) is 1. The predicted molar refractivity (Wildman–Crippen MR) is 122 cm³/mol. The first-order valence-corrected chi connectivity index (χ1v) is 10.9. The van der Waals surface area contributed by atoms with Gasteiger partial charge in [-0.1, -0.05) is 30.0 Å². The second-order valence-electron chi connectivity index (χ2n) is 6.94. The number of thioether (sulfide) groups is 1. The van der Waals surface area contributed by atoms with Gasteiger partial charge in [0.2, 0.25) is 5.78 Å². The molecule has 0 bridgehead atoms. The maximum absolute atomic E-state index is 12.9. The van der Waals surface area contributed by atoms with E-state index in [0.29, 0.717) is 40.8 Å². The molecule has 0 aliphatic carbocycles. The molecule has 0 spiro atoms. The molecule has 0 saturated heterocycles. The van der Waals surface area contributed by atoms with E-state index in [1.807, 2.05) is 41.7 Å². The molecule has 0 atom stereocenters. The van der Waals surface area contributed by atoms with Gasteiger partial charge in [-0.05, 0) is 44.2 Å². The van der Waals surface area contributed by atoms with Crippen molar-refractivity contribution in [1.82, 2.24) is 19.2 Å². The predicted octanol–water partition coefficient (Wildman–Crippen LogP) is 4.12. The Kier molecular flexibility index (Phi) is 5.90. The highest BCUT2D eigenvalue weighted by Gasteiger charge is 2.17. The number of allylic oxidation sites excluding steroid dienone is 1. The number of carbonyl (C=O) groups is 1. The van der Waals surface area contributed by atoms with Gasteiger partial charge in [0.25, 0.3) is 5.56 Å². The van der Waals surface area contributed by atoms with Crippen molar-refractivity contribution >= 4 is 34.2 Å². The molecule has 4 aromatic rings. The van der Waals surface area contributed by atoms with Crippen molar-refractivity contribution in [3.63, 3.8) is 0 Å². The third-order valence-corrected chi connectivity index (χ3v) is 5.89. The summed E-state index contributed by atoms with van der Waals surface area (Å²) in [5, 5.41) is 9.88. The van der Waals surface area contributed by atoms with Gasteiger partial charge < -0.3 is 4.74 Å². The summed E-state index contributed by atoms with van der Waals surface area (Å²) < 4.78 is 9.20. The number of aromatic nitrogens is 4. The number of carbonyl (C=O) groups excluding carboxylic acids is 1. The largest absolute Gasteiger partial charge is 0.494 e. The van der Waals surface area contributed by atoms with Crippen LogP contribution in [0.5, 0.6) is 5.75 Å². The zero-order valence-electron chi connectivity index (χ0n) is 17.4. The molecule has 31 heavy (non-hydrogen) atoms. The van der Waals surface area contributed by atoms with Crippen molar-refractivity contribution in [2.75, 3.05) is 6.61 Å². The summed E-state index contributed by atoms with van der Waals surface area (Å²) in [5.41, 5.74) is 2.16. The normalized spacial score (nSPS) is 11.2. The van der Waals surface area contributed by atoms with Crippen LogP contribution in [0.4, 0.5) is 0 Å². The van der Waals surface area contributed by atoms with E-state index >= 15 is 0 Å². The van der Waals surface area contributed by atoms with E-state index in [4.69, 9.17) is 4.74 Å². The number of hydrogen-bond acceptors (Lipinski definition) is 6. The van der Waals surface area contributed by atoms with Crippen LogP contribution < -0.4 is 10.3 Å². The van der Waals surface area contributed by atoms with Crippen molar-refractivity contribution < 1.29 is 9.53 Å². The monoisotopic (exact) mass is 434 g/mol. The molecule has 4 rings (SSSR count). The lowest BCUT2D eigenvalue weighted by molar-refractivity contribution is 0.101. The summed E-state index contributed by atoms with van der Waals surface area (Å²) in [7, 11) is 0. The summed E-state index contributed by atoms with van der Waals surface area (Å²) in [4.78, 5) is 24.8. The summed E-state index contributed by atoms with van der Waals surface area (Å²) in [6.07, 6.45) is 1.67. The Morgan fingerprint density at radius 2 is 2.03 bits per heavy atom. The Morgan fingerprint density at radius 1 is 1.23 bits per heavy atom. The van der Waals surface area contributed by atoms with E-state index < -0.39 is 0 Å². The molecule has 7 nitrogen and oxygen atoms in total. The Morgan fingerprint density at radius 3 is 2.77 bits per heavy atom. The average molecular weight is 435 g/mol. The quantitative estimate of drug-likeness (QED) is 0.236. The molecule has 0 N–H and O–H groups in total. The molecule has 158 valence electrons. The maximum atomic E-state index is 12.9. The number of ether oxygens (including phenoxy) is 1. The molecule has 0 fully saturated rings. The van der Waals surface area contributed by atoms with Crippen LogP contribution in [0.15, 0.2) is 65.1 Å². The van der Waals surface area contributed by atoms with Gasteiger partial charge >= 0.3 is 0 Å². The second-order valence-corrected chi connectivity index (χ2v) is 7.88. The van der Waals surface area contributed by atoms with Crippen molar-refractivity contribution in [1.29, 1.82) is 0 Å². The van der Waals surface area contributed by atoms with Gasteiger partial charge in [-0.25, -0.2) is 0 Å². The summed E-state index contributed by atoms with van der Waals surface area (Å²) >= 11 is 1.47. The highest BCUT2D eigenvalue weighted by atomic mass is 32.2. The lowest BCUT2D eigenvalue weighted by Crippen LogP contribution is -2.22. The zero-order chi connectivity index (χ0) is 22.0. The molecule has 0 saturated carbocycles. The molecule has 8 heteroatoms. The Labute approximate surface area is 183 Å². The Hall–Kier alpha value is -3.39. The van der Waals surface area contributed by atoms with Crippen LogP contribution in [0, 0.1) is 0 Å². The fourth-order valence-corrected chi connectivity index (χ4v) is 4.39. The van der Waals surface area contributed by atoms with Gasteiger partial charge in [0, 0.05) is 23.4 Å². The van der Waals surface area contributed by atoms with Gasteiger partial charge in [-0.3, -0.25) is 18.6 Å². The van der Waals surface area contributed by atoms with E-state index in [-0.39, 0.29) is 11.3 Å². The summed E-state index contributed by atoms with van der Waals surface area (Å²) in [6.45, 7) is 8.09. The van der Waals surface area contributed by atoms with E-state index in [2.05, 4.69) is 16.8 Å². The van der Waals surface area contributed by atoms with Crippen LogP contribution in [0.2, 0.25) is 0 Å². The SMILES string of the molecule is C=CCn1c(=O)c2ccccc2n2c(SCc3cc(C(C)=O)ccc3OCC)nnc12. The number of benzene rings is 2. The number of ketones is 1. The van der Waals surface area contributed by atoms with Crippen LogP contribution in [0.25, 0.3) is 16.7 Å². The number of para-hydroxylation sites is 1. The van der Waals surface area contributed by atoms with Gasteiger partial charge in [0.1, 0.15) is 5.75 Å². The standard InChI is InChI=1S/C23H22N4O3S/c1-4-12-26-21(29)18-8-6-7-9-19(18)27-22(26)24-25-23(27)31-14-17-13-16(15(3)28)10-11-20(17)30-5-2/h4,6-11,13H,1,5,12,14H2,2-3H3. The Balaban J connectivity index is 1.80. The molecule has 2 aromatic carbocycles. The number of rotatable bonds is 8. The van der Waals surface area contributed by atoms with Gasteiger partial charge in [0.05, 0.1) is 17.5 Å². The van der Waals surface area contributed by atoms with Gasteiger partial charge in [-0.2, -0.15) is 0 Å². The molecular weight excluding hydrogens is 412 g/mol. The highest BCUT2D eigenvalue weighted by Crippen LogP contribution is 2.30. The van der Waals surface area contributed by atoms with Crippen molar-refractivity contribution in [3.05, 3.63) is 76.6 Å². The van der Waals surface area contributed by atoms with Crippen molar-refractivity contribution in [2.45, 2.75) is 31.3 Å². The van der Waals surface area contributed by atoms with Crippen molar-refractivity contribution in [2.24, 2.45) is 0 Å². The van der Waals surface area contributed by atoms with E-state index in [0.717, 1.165) is 16.8 Å². The van der Waals surface area contributed by atoms with Crippen LogP contribution in [0.3, 0.4) is 0 Å². The topological polar surface area (TPSA) is 78.5 Å². The fourth-order valence-electron chi connectivity index (χ4n) is 3.47. The van der Waals surface area contributed by atoms with E-state index in [1.54, 1.807) is 29.7 Å². The number of fused-ring (bicyclic) bond motifs is 3. The maximum Gasteiger partial charge on any atom is 0.263 e. The third-order valence-electron chi connectivity index (χ3n) is 4.91. The molecule has 2 heterocycles. The molecule has 2 aromatic heterocycles. The van der Waals surface area contributed by atoms with E-state index in [1.165, 1.54) is 11.8 Å². The lowest BCUT2D eigenvalue weighted by atomic mass is 10.1. The number of hydrogen-bond donors (Lipinski definition) is 0. The first-order chi connectivity index (χ1) is 15.0. The summed E-state index contributed by atoms with van der Waals surface area (Å²) in [5.74, 6) is 1.74. The molecule has 0 unspecified atom stereocenters. The van der Waals surface area contributed by atoms with Crippen LogP contribution in [-0.2, 0) is 12.3 Å². The third kappa shape index (κ3) is 3.86. The van der Waals surface area contributed by atoms with E-state index in [9.17, 15) is 9.59 Å². The van der Waals surface area contributed by atoms with Gasteiger partial charge in [0.15, 0.2) is 10.9 Å². The molecule has 0 aliphatic rings. The van der Waals surface area contributed by atoms with Crippen molar-refractivity contribution in [3.8, 4) is 5.75 Å². The minimum atomic E-state index is -0.125. The summed E-state index contributed by atoms with van der Waals surface area (Å²) in [6, 6.07) is 12.9. The smallest absolute Gasteiger partial charge is 0.263 e. The van der Waals surface area contributed by atoms with Gasteiger partial charge in [-0.15, -0.1) is 16.8 Å². The van der Waals surface area contributed by atoms with Crippen LogP contribution in [0.1, 0.15) is 29.8 Å². The zero-order valence-corrected chi connectivity index (χ0v) is 18.2. The molecule has 0 aliphatic heterocycles.